The van der Waals surface area contributed by atoms with Crippen LogP contribution < -0.4 is 4.72 Å². The van der Waals surface area contributed by atoms with E-state index in [1.165, 1.54) is 16.6 Å². The Balaban J connectivity index is 2.67. The van der Waals surface area contributed by atoms with Crippen molar-refractivity contribution >= 4 is 41.0 Å². The molecule has 2 aromatic rings. The van der Waals surface area contributed by atoms with Crippen LogP contribution in [0.2, 0.25) is 10.0 Å². The number of anilines is 1. The zero-order chi connectivity index (χ0) is 18.1. The molecule has 4 nitrogen and oxygen atoms in total. The highest BCUT2D eigenvalue weighted by atomic mass is 35.5. The van der Waals surface area contributed by atoms with Crippen molar-refractivity contribution in [2.75, 3.05) is 10.5 Å². The Morgan fingerprint density at radius 3 is 2.38 bits per heavy atom. The first-order valence-electron chi connectivity index (χ1n) is 6.64. The lowest BCUT2D eigenvalue weighted by Gasteiger charge is -2.14. The summed E-state index contributed by atoms with van der Waals surface area (Å²) in [6.45, 7) is 3.51. The van der Waals surface area contributed by atoms with Gasteiger partial charge in [0, 0.05) is 5.75 Å². The van der Waals surface area contributed by atoms with Crippen molar-refractivity contribution in [3.63, 3.8) is 0 Å². The van der Waals surface area contributed by atoms with Gasteiger partial charge in [-0.3, -0.25) is 0 Å². The molecule has 128 valence electrons. The van der Waals surface area contributed by atoms with Gasteiger partial charge in [0.1, 0.15) is 17.3 Å². The van der Waals surface area contributed by atoms with Crippen molar-refractivity contribution in [3.8, 4) is 11.8 Å². The van der Waals surface area contributed by atoms with E-state index in [1.807, 2.05) is 13.0 Å². The lowest BCUT2D eigenvalue weighted by atomic mass is 10.2. The highest BCUT2D eigenvalue weighted by molar-refractivity contribution is 8.00. The summed E-state index contributed by atoms with van der Waals surface area (Å²) < 4.78 is 42.8. The van der Waals surface area contributed by atoms with Crippen molar-refractivity contribution in [2.45, 2.75) is 20.0 Å². The van der Waals surface area contributed by atoms with Gasteiger partial charge in [-0.2, -0.15) is 23.5 Å². The summed E-state index contributed by atoms with van der Waals surface area (Å²) in [7, 11) is 0. The summed E-state index contributed by atoms with van der Waals surface area (Å²) in [5, 5.41) is 13.0. The molecular weight excluding hydrogens is 384 g/mol. The van der Waals surface area contributed by atoms with Gasteiger partial charge in [0.2, 0.25) is 0 Å². The molecule has 0 aliphatic heterocycles. The third-order valence-corrected chi connectivity index (χ3v) is 4.24. The van der Waals surface area contributed by atoms with Crippen LogP contribution in [0.3, 0.4) is 0 Å². The first kappa shape index (κ1) is 18.8. The van der Waals surface area contributed by atoms with Gasteiger partial charge in [0.25, 0.3) is 0 Å². The van der Waals surface area contributed by atoms with E-state index in [0.717, 1.165) is 12.1 Å². The first-order valence-corrected chi connectivity index (χ1v) is 8.39. The van der Waals surface area contributed by atoms with Gasteiger partial charge in [0.15, 0.2) is 5.82 Å². The normalized spacial score (nSPS) is 11.4. The Morgan fingerprint density at radius 1 is 1.33 bits per heavy atom. The maximum Gasteiger partial charge on any atom is 0.416 e. The molecular formula is C14H11Cl2F3N4S. The SMILES string of the molecule is CCSNc1c(C#N)c(C)nn1-c1c(Cl)cc(C(F)(F)F)cc1Cl. The van der Waals surface area contributed by atoms with E-state index in [2.05, 4.69) is 9.82 Å². The summed E-state index contributed by atoms with van der Waals surface area (Å²) >= 11 is 13.4. The van der Waals surface area contributed by atoms with Gasteiger partial charge < -0.3 is 4.72 Å². The molecule has 1 N–H and O–H groups in total. The Morgan fingerprint density at radius 2 is 1.92 bits per heavy atom. The monoisotopic (exact) mass is 394 g/mol. The molecule has 0 fully saturated rings. The molecule has 2 rings (SSSR count). The van der Waals surface area contributed by atoms with Gasteiger partial charge in [-0.1, -0.05) is 42.1 Å². The summed E-state index contributed by atoms with van der Waals surface area (Å²) in [4.78, 5) is 0. The first-order chi connectivity index (χ1) is 11.2. The molecule has 1 aromatic carbocycles. The van der Waals surface area contributed by atoms with E-state index in [1.54, 1.807) is 6.92 Å². The Bertz CT molecular complexity index is 789. The van der Waals surface area contributed by atoms with Crippen LogP contribution in [0.25, 0.3) is 5.69 Å². The van der Waals surface area contributed by atoms with Crippen LogP contribution in [0.4, 0.5) is 19.0 Å². The number of benzene rings is 1. The molecule has 0 spiro atoms. The van der Waals surface area contributed by atoms with E-state index in [-0.39, 0.29) is 21.3 Å². The highest BCUT2D eigenvalue weighted by Gasteiger charge is 2.32. The van der Waals surface area contributed by atoms with Gasteiger partial charge in [-0.25, -0.2) is 4.68 Å². The minimum Gasteiger partial charge on any atom is -0.313 e. The highest BCUT2D eigenvalue weighted by Crippen LogP contribution is 2.39. The van der Waals surface area contributed by atoms with Crippen LogP contribution in [0.1, 0.15) is 23.7 Å². The molecule has 1 aromatic heterocycles. The lowest BCUT2D eigenvalue weighted by molar-refractivity contribution is -0.137. The number of nitriles is 1. The quantitative estimate of drug-likeness (QED) is 0.699. The van der Waals surface area contributed by atoms with E-state index in [9.17, 15) is 18.4 Å². The van der Waals surface area contributed by atoms with Crippen LogP contribution in [-0.2, 0) is 6.18 Å². The number of hydrogen-bond acceptors (Lipinski definition) is 4. The molecule has 10 heteroatoms. The van der Waals surface area contributed by atoms with E-state index in [0.29, 0.717) is 17.3 Å². The van der Waals surface area contributed by atoms with Crippen molar-refractivity contribution in [1.82, 2.24) is 9.78 Å². The van der Waals surface area contributed by atoms with Gasteiger partial charge in [0.05, 0.1) is 21.3 Å². The maximum absolute atomic E-state index is 12.9. The van der Waals surface area contributed by atoms with Gasteiger partial charge in [-0.05, 0) is 19.1 Å². The largest absolute Gasteiger partial charge is 0.416 e. The number of aromatic nitrogens is 2. The standard InChI is InChI=1S/C14H11Cl2F3N4S/c1-3-24-22-13-9(6-20)7(2)21-23(13)12-10(15)4-8(5-11(12)16)14(17,18)19/h4-5,22H,3H2,1-2H3. The molecule has 1 heterocycles. The fraction of sp³-hybridized carbons (Fsp3) is 0.286. The zero-order valence-electron chi connectivity index (χ0n) is 12.5. The third kappa shape index (κ3) is 3.58. The Hall–Kier alpha value is -1.56. The fourth-order valence-electron chi connectivity index (χ4n) is 1.99. The van der Waals surface area contributed by atoms with Gasteiger partial charge in [-0.15, -0.1) is 0 Å². The molecule has 0 aliphatic rings. The number of hydrogen-bond donors (Lipinski definition) is 1. The number of rotatable bonds is 4. The van der Waals surface area contributed by atoms with Crippen molar-refractivity contribution in [1.29, 1.82) is 5.26 Å². The predicted octanol–water partition coefficient (Wildman–Crippen LogP) is 5.46. The van der Waals surface area contributed by atoms with Crippen molar-refractivity contribution in [3.05, 3.63) is 39.0 Å². The minimum absolute atomic E-state index is 0.0788. The Kier molecular flexibility index (Phi) is 5.58. The maximum atomic E-state index is 12.9. The second-order valence-corrected chi connectivity index (χ2v) is 6.54. The van der Waals surface area contributed by atoms with E-state index < -0.39 is 11.7 Å². The fourth-order valence-corrected chi connectivity index (χ4v) is 3.11. The molecule has 24 heavy (non-hydrogen) atoms. The smallest absolute Gasteiger partial charge is 0.313 e. The molecule has 0 unspecified atom stereocenters. The number of aryl methyl sites for hydroxylation is 1. The van der Waals surface area contributed by atoms with Crippen LogP contribution >= 0.6 is 35.1 Å². The van der Waals surface area contributed by atoms with Crippen LogP contribution in [0, 0.1) is 18.3 Å². The predicted molar refractivity (Wildman–Crippen MR) is 89.8 cm³/mol. The van der Waals surface area contributed by atoms with Crippen LogP contribution in [-0.4, -0.2) is 15.5 Å². The number of nitrogens with zero attached hydrogens (tertiary/aromatic N) is 3. The average molecular weight is 395 g/mol. The number of nitrogens with one attached hydrogen (secondary N) is 1. The zero-order valence-corrected chi connectivity index (χ0v) is 14.8. The molecule has 0 bridgehead atoms. The second-order valence-electron chi connectivity index (χ2n) is 4.65. The molecule has 0 radical (unpaired) electrons. The summed E-state index contributed by atoms with van der Waals surface area (Å²) in [6.07, 6.45) is -4.57. The van der Waals surface area contributed by atoms with Crippen molar-refractivity contribution in [2.24, 2.45) is 0 Å². The summed E-state index contributed by atoms with van der Waals surface area (Å²) in [5.74, 6) is 1.01. The van der Waals surface area contributed by atoms with Crippen LogP contribution in [0.5, 0.6) is 0 Å². The molecule has 0 aliphatic carbocycles. The number of alkyl halides is 3. The third-order valence-electron chi connectivity index (χ3n) is 3.04. The topological polar surface area (TPSA) is 53.6 Å². The minimum atomic E-state index is -4.57. The second kappa shape index (κ2) is 7.13. The average Bonchev–Trinajstić information content (AvgIpc) is 2.79. The number of halogens is 5. The summed E-state index contributed by atoms with van der Waals surface area (Å²) in [5.41, 5.74) is -0.204. The molecule has 0 saturated heterocycles. The van der Waals surface area contributed by atoms with Gasteiger partial charge >= 0.3 is 6.18 Å². The van der Waals surface area contributed by atoms with Crippen molar-refractivity contribution < 1.29 is 13.2 Å². The lowest BCUT2D eigenvalue weighted by Crippen LogP contribution is -2.08. The molecule has 0 atom stereocenters. The van der Waals surface area contributed by atoms with E-state index in [4.69, 9.17) is 23.2 Å². The molecule has 0 saturated carbocycles. The van der Waals surface area contributed by atoms with E-state index >= 15 is 0 Å². The Labute approximate surface area is 150 Å². The summed E-state index contributed by atoms with van der Waals surface area (Å²) in [6, 6.07) is 3.57. The molecule has 0 amide bonds. The van der Waals surface area contributed by atoms with Crippen LogP contribution in [0.15, 0.2) is 12.1 Å².